The van der Waals surface area contributed by atoms with Crippen molar-refractivity contribution in [3.05, 3.63) is 12.4 Å². The molecule has 0 aromatic heterocycles. The summed E-state index contributed by atoms with van der Waals surface area (Å²) in [7, 11) is 2.72. The van der Waals surface area contributed by atoms with Crippen LogP contribution in [-0.2, 0) is 16.8 Å². The molecule has 17 heavy (non-hydrogen) atoms. The van der Waals surface area contributed by atoms with Gasteiger partial charge in [-0.2, -0.15) is 0 Å². The van der Waals surface area contributed by atoms with Crippen molar-refractivity contribution in [2.45, 2.75) is 58.3 Å². The van der Waals surface area contributed by atoms with Crippen molar-refractivity contribution in [1.29, 1.82) is 0 Å². The molecular weight excluding hydrogens is 271 g/mol. The summed E-state index contributed by atoms with van der Waals surface area (Å²) in [5, 5.41) is 0.344. The Labute approximate surface area is 121 Å². The van der Waals surface area contributed by atoms with E-state index in [0.29, 0.717) is 5.04 Å². The predicted molar refractivity (Wildman–Crippen MR) is 79.6 cm³/mol. The summed E-state index contributed by atoms with van der Waals surface area (Å²) in [5.74, 6) is 0. The summed E-state index contributed by atoms with van der Waals surface area (Å²) < 4.78 is 0. The fraction of sp³-hybridized carbons (Fsp3) is 0.923. The molecule has 0 aliphatic heterocycles. The molecule has 0 N–H and O–H groups in total. The van der Waals surface area contributed by atoms with Crippen molar-refractivity contribution in [3.63, 3.8) is 0 Å². The second-order valence-electron chi connectivity index (χ2n) is 6.97. The fourth-order valence-corrected chi connectivity index (χ4v) is 3.65. The maximum atomic E-state index is 5.15. The Morgan fingerprint density at radius 3 is 1.59 bits per heavy atom. The minimum absolute atomic E-state index is 0. The van der Waals surface area contributed by atoms with Crippen LogP contribution in [0.1, 0.15) is 34.6 Å². The number of likely N-dealkylation sites (N-methyl/N-ethyl adjacent to an activating group) is 1. The van der Waals surface area contributed by atoms with Crippen molar-refractivity contribution in [2.75, 3.05) is 20.6 Å². The number of hydrogen-bond acceptors (Lipinski definition) is 1. The smallest absolute Gasteiger partial charge is 0.658 e. The van der Waals surface area contributed by atoms with E-state index in [0.717, 1.165) is 6.54 Å². The van der Waals surface area contributed by atoms with Gasteiger partial charge in [0.1, 0.15) is 0 Å². The molecule has 0 aromatic rings. The summed E-state index contributed by atoms with van der Waals surface area (Å²) in [6.45, 7) is 17.2. The van der Waals surface area contributed by atoms with E-state index in [1.54, 1.807) is 0 Å². The van der Waals surface area contributed by atoms with Crippen LogP contribution in [0.25, 0.3) is 4.98 Å². The van der Waals surface area contributed by atoms with E-state index in [2.05, 4.69) is 66.7 Å². The van der Waals surface area contributed by atoms with E-state index in [1.165, 1.54) is 0 Å². The monoisotopic (exact) mass is 303 g/mol. The van der Waals surface area contributed by atoms with Crippen LogP contribution in [0, 0.1) is 7.43 Å². The molecule has 0 spiro atoms. The molecule has 0 rings (SSSR count). The van der Waals surface area contributed by atoms with Gasteiger partial charge < -0.3 is 17.3 Å². The molecule has 0 aliphatic carbocycles. The van der Waals surface area contributed by atoms with Gasteiger partial charge in [0.25, 0.3) is 0 Å². The molecule has 0 aromatic carbocycles. The molecule has 2 nitrogen and oxygen atoms in total. The summed E-state index contributed by atoms with van der Waals surface area (Å²) in [4.78, 5) is 7.37. The van der Waals surface area contributed by atoms with Gasteiger partial charge in [-0.3, -0.25) is 0 Å². The van der Waals surface area contributed by atoms with E-state index in [9.17, 15) is 0 Å². The van der Waals surface area contributed by atoms with E-state index < -0.39 is 8.24 Å². The molecule has 0 atom stereocenters. The third-order valence-corrected chi connectivity index (χ3v) is 7.96. The van der Waals surface area contributed by atoms with Crippen molar-refractivity contribution in [2.24, 2.45) is 0 Å². The standard InChI is InChI=1S/C12H29N2Si.CH3.Co/c1-11(2,3)15(8,9)13-12(4,5)10-14(6)7;;/h10H2,1-9H3;1H3;/q2*-1;+3. The van der Waals surface area contributed by atoms with Crippen LogP contribution in [0.3, 0.4) is 0 Å². The summed E-state index contributed by atoms with van der Waals surface area (Å²) in [5.41, 5.74) is 0.0759. The Bertz CT molecular complexity index is 208. The van der Waals surface area contributed by atoms with Crippen LogP contribution in [-0.4, -0.2) is 39.3 Å². The van der Waals surface area contributed by atoms with E-state index in [1.807, 2.05) is 0 Å². The molecule has 106 valence electrons. The SMILES string of the molecule is CN(C)CC(C)(C)[N-][Si](C)(C)C(C)(C)C.[CH3-].[Co+3]. The van der Waals surface area contributed by atoms with E-state index >= 15 is 0 Å². The Balaban J connectivity index is -0.000000980. The average Bonchev–Trinajstić information content (AvgIpc) is 1.75. The number of nitrogens with zero attached hydrogens (tertiary/aromatic N) is 2. The first-order chi connectivity index (χ1) is 6.37. The number of hydrogen-bond donors (Lipinski definition) is 0. The zero-order valence-electron chi connectivity index (χ0n) is 13.4. The Morgan fingerprint density at radius 2 is 1.35 bits per heavy atom. The molecule has 0 saturated heterocycles. The minimum atomic E-state index is -1.51. The molecule has 0 bridgehead atoms. The topological polar surface area (TPSA) is 17.3 Å². The molecule has 0 amide bonds. The molecule has 0 heterocycles. The van der Waals surface area contributed by atoms with Gasteiger partial charge in [0.05, 0.1) is 0 Å². The summed E-state index contributed by atoms with van der Waals surface area (Å²) in [6, 6.07) is 0. The maximum absolute atomic E-state index is 5.15. The van der Waals surface area contributed by atoms with Gasteiger partial charge >= 0.3 is 16.8 Å². The quantitative estimate of drug-likeness (QED) is 0.563. The van der Waals surface area contributed by atoms with Gasteiger partial charge in [-0.05, 0) is 20.6 Å². The molecule has 0 fully saturated rings. The molecule has 0 aliphatic rings. The van der Waals surface area contributed by atoms with Crippen molar-refractivity contribution < 1.29 is 16.8 Å². The second-order valence-corrected chi connectivity index (χ2v) is 11.8. The normalized spacial score (nSPS) is 13.1. The predicted octanol–water partition coefficient (Wildman–Crippen LogP) is 4.15. The Morgan fingerprint density at radius 1 is 1.00 bits per heavy atom. The minimum Gasteiger partial charge on any atom is -0.658 e. The van der Waals surface area contributed by atoms with Crippen LogP contribution >= 0.6 is 0 Å². The van der Waals surface area contributed by atoms with Crippen LogP contribution in [0.2, 0.25) is 18.1 Å². The first kappa shape index (κ1) is 22.8. The van der Waals surface area contributed by atoms with Gasteiger partial charge in [0.15, 0.2) is 0 Å². The first-order valence-corrected chi connectivity index (χ1v) is 8.71. The van der Waals surface area contributed by atoms with Gasteiger partial charge in [-0.15, -0.1) is 5.54 Å². The number of rotatable bonds is 4. The largest absolute Gasteiger partial charge is 3.00 e. The molecule has 0 unspecified atom stereocenters. The molecule has 0 saturated carbocycles. The molecule has 0 radical (unpaired) electrons. The van der Waals surface area contributed by atoms with Crippen LogP contribution < -0.4 is 0 Å². The summed E-state index contributed by atoms with van der Waals surface area (Å²) in [6.07, 6.45) is 0. The molecular formula is C13H32CoN2Si+. The Kier molecular flexibility index (Phi) is 9.77. The zero-order valence-corrected chi connectivity index (χ0v) is 15.5. The maximum Gasteiger partial charge on any atom is 3.00 e. The van der Waals surface area contributed by atoms with Crippen molar-refractivity contribution in [1.82, 2.24) is 4.90 Å². The van der Waals surface area contributed by atoms with Gasteiger partial charge in [0.2, 0.25) is 0 Å². The van der Waals surface area contributed by atoms with Gasteiger partial charge in [-0.25, -0.2) is 0 Å². The zero-order chi connectivity index (χ0) is 12.5. The van der Waals surface area contributed by atoms with Crippen LogP contribution in [0.5, 0.6) is 0 Å². The van der Waals surface area contributed by atoms with Crippen LogP contribution in [0.4, 0.5) is 0 Å². The molecule has 4 heteroatoms. The average molecular weight is 303 g/mol. The van der Waals surface area contributed by atoms with Crippen molar-refractivity contribution >= 4 is 8.24 Å². The second kappa shape index (κ2) is 7.29. The van der Waals surface area contributed by atoms with Gasteiger partial charge in [-0.1, -0.05) is 61.0 Å². The fourth-order valence-electron chi connectivity index (χ4n) is 1.73. The van der Waals surface area contributed by atoms with Crippen molar-refractivity contribution in [3.8, 4) is 0 Å². The first-order valence-electron chi connectivity index (χ1n) is 5.76. The third-order valence-electron chi connectivity index (χ3n) is 3.12. The van der Waals surface area contributed by atoms with E-state index in [4.69, 9.17) is 4.98 Å². The van der Waals surface area contributed by atoms with Gasteiger partial charge in [0, 0.05) is 0 Å². The third kappa shape index (κ3) is 8.37. The van der Waals surface area contributed by atoms with E-state index in [-0.39, 0.29) is 29.7 Å². The van der Waals surface area contributed by atoms with Crippen LogP contribution in [0.15, 0.2) is 0 Å². The summed E-state index contributed by atoms with van der Waals surface area (Å²) >= 11 is 0. The Hall–Kier alpha value is 0.643.